The summed E-state index contributed by atoms with van der Waals surface area (Å²) in [6.45, 7) is 3.95. The second-order valence-electron chi connectivity index (χ2n) is 8.97. The average molecular weight is 384 g/mol. The molecule has 0 radical (unpaired) electrons. The van der Waals surface area contributed by atoms with Crippen molar-refractivity contribution in [3.05, 3.63) is 35.4 Å². The maximum atomic E-state index is 11.9. The van der Waals surface area contributed by atoms with Crippen molar-refractivity contribution in [2.45, 2.75) is 55.4 Å². The molecule has 5 heteroatoms. The molecule has 0 unspecified atom stereocenters. The van der Waals surface area contributed by atoms with E-state index in [1.165, 1.54) is 42.3 Å². The van der Waals surface area contributed by atoms with Crippen LogP contribution in [0, 0.1) is 11.8 Å². The van der Waals surface area contributed by atoms with E-state index in [1.807, 2.05) is 0 Å². The van der Waals surface area contributed by atoms with Crippen LogP contribution in [-0.2, 0) is 16.6 Å². The Kier molecular flexibility index (Phi) is 3.38. The summed E-state index contributed by atoms with van der Waals surface area (Å²) in [5.74, 6) is 2.24. The fourth-order valence-electron chi connectivity index (χ4n) is 6.26. The molecule has 1 saturated heterocycles. The number of rotatable bonds is 3. The molecule has 4 nitrogen and oxygen atoms in total. The lowest BCUT2D eigenvalue weighted by atomic mass is 9.53. The zero-order valence-corrected chi connectivity index (χ0v) is 16.4. The number of likely N-dealkylation sites (tertiary alicyclic amines) is 1. The molecule has 3 aliphatic carbocycles. The van der Waals surface area contributed by atoms with Crippen LogP contribution in [0.2, 0.25) is 0 Å². The van der Waals surface area contributed by atoms with Crippen molar-refractivity contribution < 1.29 is 14.6 Å². The monoisotopic (exact) mass is 383 g/mol. The van der Waals surface area contributed by atoms with E-state index in [9.17, 15) is 9.90 Å². The molecule has 5 atom stereocenters. The van der Waals surface area contributed by atoms with Gasteiger partial charge in [0.1, 0.15) is 6.10 Å². The predicted octanol–water partition coefficient (Wildman–Crippen LogP) is 3.27. The number of carbonyl (C=O) groups is 1. The van der Waals surface area contributed by atoms with Crippen molar-refractivity contribution in [3.8, 4) is 11.5 Å². The van der Waals surface area contributed by atoms with Gasteiger partial charge in [-0.1, -0.05) is 30.0 Å². The number of piperidine rings is 1. The van der Waals surface area contributed by atoms with Gasteiger partial charge in [0.05, 0.1) is 5.25 Å². The zero-order chi connectivity index (χ0) is 18.3. The molecule has 142 valence electrons. The first-order valence-electron chi connectivity index (χ1n) is 10.2. The van der Waals surface area contributed by atoms with Crippen LogP contribution >= 0.6 is 11.8 Å². The Labute approximate surface area is 164 Å². The number of carbonyl (C=O) groups excluding carboxylic acids is 1. The second kappa shape index (κ2) is 5.54. The van der Waals surface area contributed by atoms with Crippen LogP contribution in [0.1, 0.15) is 37.3 Å². The number of phenols is 1. The molecule has 1 saturated carbocycles. The number of nitrogens with zero attached hydrogens (tertiary/aromatic N) is 1. The van der Waals surface area contributed by atoms with E-state index in [1.54, 1.807) is 13.0 Å². The first-order valence-corrected chi connectivity index (χ1v) is 11.1. The molecular weight excluding hydrogens is 358 g/mol. The summed E-state index contributed by atoms with van der Waals surface area (Å²) in [4.78, 5) is 14.6. The van der Waals surface area contributed by atoms with Gasteiger partial charge in [-0.3, -0.25) is 9.69 Å². The number of hydrogen-bond acceptors (Lipinski definition) is 5. The highest BCUT2D eigenvalue weighted by Crippen LogP contribution is 2.63. The van der Waals surface area contributed by atoms with Crippen LogP contribution in [0.15, 0.2) is 24.3 Å². The molecule has 2 bridgehead atoms. The number of ether oxygens (including phenoxy) is 1. The maximum absolute atomic E-state index is 11.9. The summed E-state index contributed by atoms with van der Waals surface area (Å²) in [6.07, 6.45) is 9.38. The third-order valence-electron chi connectivity index (χ3n) is 7.46. The van der Waals surface area contributed by atoms with Gasteiger partial charge in [0.2, 0.25) is 0 Å². The van der Waals surface area contributed by atoms with Crippen molar-refractivity contribution in [3.63, 3.8) is 0 Å². The molecule has 1 N–H and O–H groups in total. The Morgan fingerprint density at radius 2 is 2.22 bits per heavy atom. The fourth-order valence-corrected chi connectivity index (χ4v) is 7.24. The van der Waals surface area contributed by atoms with Gasteiger partial charge in [0.15, 0.2) is 16.6 Å². The van der Waals surface area contributed by atoms with Gasteiger partial charge >= 0.3 is 0 Å². The van der Waals surface area contributed by atoms with Gasteiger partial charge < -0.3 is 9.84 Å². The standard InChI is InChI=1S/C22H25NO3S/c1-12(24)27-18-7-5-15-16-10-14-4-6-17(25)20-19(14)22(15,21(18)26-20)8-9-23(16)11-13-2-3-13/h4-7,13,15-16,18,21,25H,2-3,8-11H2,1H3/t15-,16+,18+,21-,22-/m0/s1. The Bertz CT molecular complexity index is 863. The summed E-state index contributed by atoms with van der Waals surface area (Å²) in [5.41, 5.74) is 2.50. The predicted molar refractivity (Wildman–Crippen MR) is 105 cm³/mol. The van der Waals surface area contributed by atoms with Gasteiger partial charge in [0, 0.05) is 36.4 Å². The average Bonchev–Trinajstić information content (AvgIpc) is 3.38. The maximum Gasteiger partial charge on any atom is 0.186 e. The van der Waals surface area contributed by atoms with Gasteiger partial charge in [-0.25, -0.2) is 0 Å². The number of thioether (sulfide) groups is 1. The number of phenolic OH excluding ortho intramolecular Hbond substituents is 1. The van der Waals surface area contributed by atoms with E-state index in [4.69, 9.17) is 4.74 Å². The molecule has 2 heterocycles. The normalized spacial score (nSPS) is 38.4. The number of aromatic hydroxyl groups is 1. The zero-order valence-electron chi connectivity index (χ0n) is 15.6. The molecule has 27 heavy (non-hydrogen) atoms. The van der Waals surface area contributed by atoms with Crippen molar-refractivity contribution in [2.24, 2.45) is 11.8 Å². The minimum Gasteiger partial charge on any atom is -0.504 e. The van der Waals surface area contributed by atoms with Crippen molar-refractivity contribution in [1.29, 1.82) is 0 Å². The molecule has 0 aromatic heterocycles. The lowest BCUT2D eigenvalue weighted by Gasteiger charge is -2.57. The highest BCUT2D eigenvalue weighted by Gasteiger charge is 2.64. The molecular formula is C22H25NO3S. The number of hydrogen-bond donors (Lipinski definition) is 1. The minimum atomic E-state index is -0.0890. The topological polar surface area (TPSA) is 49.8 Å². The minimum absolute atomic E-state index is 0.0205. The Balaban J connectivity index is 1.50. The SMILES string of the molecule is CC(=O)S[C@@H]1C=C[C@H]2[C@H]3Cc4ccc(O)c5c4[C@@]2(CCN3CC2CC2)[C@H]1O5. The van der Waals surface area contributed by atoms with Crippen molar-refractivity contribution >= 4 is 16.9 Å². The first-order chi connectivity index (χ1) is 13.1. The van der Waals surface area contributed by atoms with Crippen LogP contribution < -0.4 is 4.74 Å². The molecule has 2 fully saturated rings. The summed E-state index contributed by atoms with van der Waals surface area (Å²) < 4.78 is 6.46. The van der Waals surface area contributed by atoms with E-state index in [2.05, 4.69) is 23.1 Å². The summed E-state index contributed by atoms with van der Waals surface area (Å²) >= 11 is 1.38. The molecule has 6 rings (SSSR count). The van der Waals surface area contributed by atoms with Crippen LogP contribution in [0.5, 0.6) is 11.5 Å². The van der Waals surface area contributed by atoms with Gasteiger partial charge in [-0.15, -0.1) is 0 Å². The summed E-state index contributed by atoms with van der Waals surface area (Å²) in [6, 6.07) is 4.41. The third-order valence-corrected chi connectivity index (χ3v) is 8.47. The lowest BCUT2D eigenvalue weighted by molar-refractivity contribution is -0.109. The highest BCUT2D eigenvalue weighted by atomic mass is 32.2. The van der Waals surface area contributed by atoms with Crippen molar-refractivity contribution in [1.82, 2.24) is 4.90 Å². The van der Waals surface area contributed by atoms with Gasteiger partial charge in [0.25, 0.3) is 0 Å². The largest absolute Gasteiger partial charge is 0.504 e. The van der Waals surface area contributed by atoms with Crippen LogP contribution in [0.3, 0.4) is 0 Å². The van der Waals surface area contributed by atoms with E-state index in [-0.39, 0.29) is 27.6 Å². The van der Waals surface area contributed by atoms with E-state index in [0.29, 0.717) is 17.7 Å². The van der Waals surface area contributed by atoms with Crippen LogP contribution in [0.25, 0.3) is 0 Å². The molecule has 1 spiro atoms. The Morgan fingerprint density at radius 3 is 3.00 bits per heavy atom. The molecule has 0 amide bonds. The number of benzene rings is 1. The van der Waals surface area contributed by atoms with Gasteiger partial charge in [-0.05, 0) is 49.8 Å². The Morgan fingerprint density at radius 1 is 1.37 bits per heavy atom. The van der Waals surface area contributed by atoms with Crippen molar-refractivity contribution in [2.75, 3.05) is 13.1 Å². The van der Waals surface area contributed by atoms with Crippen LogP contribution in [-0.4, -0.2) is 45.6 Å². The fraction of sp³-hybridized carbons (Fsp3) is 0.591. The van der Waals surface area contributed by atoms with E-state index >= 15 is 0 Å². The molecule has 1 aromatic rings. The smallest absolute Gasteiger partial charge is 0.186 e. The summed E-state index contributed by atoms with van der Waals surface area (Å²) in [7, 11) is 0. The molecule has 2 aliphatic heterocycles. The van der Waals surface area contributed by atoms with E-state index < -0.39 is 0 Å². The second-order valence-corrected chi connectivity index (χ2v) is 10.3. The van der Waals surface area contributed by atoms with Crippen LogP contribution in [0.4, 0.5) is 0 Å². The lowest BCUT2D eigenvalue weighted by Crippen LogP contribution is -2.65. The Hall–Kier alpha value is -1.46. The van der Waals surface area contributed by atoms with E-state index in [0.717, 1.165) is 25.3 Å². The molecule has 1 aromatic carbocycles. The first kappa shape index (κ1) is 16.5. The third kappa shape index (κ3) is 2.18. The summed E-state index contributed by atoms with van der Waals surface area (Å²) in [5, 5.41) is 10.7. The highest BCUT2D eigenvalue weighted by molar-refractivity contribution is 8.14. The van der Waals surface area contributed by atoms with Gasteiger partial charge in [-0.2, -0.15) is 0 Å². The molecule has 5 aliphatic rings. The quantitative estimate of drug-likeness (QED) is 0.812.